The van der Waals surface area contributed by atoms with E-state index in [1.807, 2.05) is 45.1 Å². The molecule has 0 bridgehead atoms. The Labute approximate surface area is 221 Å². The first kappa shape index (κ1) is 27.8. The molecule has 0 aromatic rings. The van der Waals surface area contributed by atoms with Gasteiger partial charge in [-0.05, 0) is 38.0 Å². The Balaban J connectivity index is 1.87. The molecule has 0 radical (unpaired) electrons. The van der Waals surface area contributed by atoms with Gasteiger partial charge < -0.3 is 24.4 Å². The summed E-state index contributed by atoms with van der Waals surface area (Å²) < 4.78 is 12.7. The lowest BCUT2D eigenvalue weighted by Crippen LogP contribution is -2.59. The summed E-state index contributed by atoms with van der Waals surface area (Å²) in [7, 11) is 0. The highest BCUT2D eigenvalue weighted by Gasteiger charge is 2.75. The van der Waals surface area contributed by atoms with Crippen LogP contribution in [0.15, 0.2) is 24.3 Å². The maximum atomic E-state index is 14.4. The predicted molar refractivity (Wildman–Crippen MR) is 139 cm³/mol. The molecule has 8 heteroatoms. The van der Waals surface area contributed by atoms with Crippen molar-refractivity contribution in [3.8, 4) is 0 Å². The molecule has 0 saturated carbocycles. The zero-order valence-electron chi connectivity index (χ0n) is 22.9. The lowest BCUT2D eigenvalue weighted by Gasteiger charge is -2.41. The number of ether oxygens (including phenoxy) is 2. The molecule has 0 aliphatic carbocycles. The second-order valence-corrected chi connectivity index (χ2v) is 11.3. The van der Waals surface area contributed by atoms with E-state index in [-0.39, 0.29) is 24.3 Å². The first-order valence-corrected chi connectivity index (χ1v) is 14.2. The van der Waals surface area contributed by atoms with Crippen LogP contribution in [0.5, 0.6) is 0 Å². The molecule has 8 nitrogen and oxygen atoms in total. The van der Waals surface area contributed by atoms with Gasteiger partial charge in [-0.15, -0.1) is 0 Å². The number of carbonyl (C=O) groups excluding carboxylic acids is 3. The smallest absolute Gasteiger partial charge is 0.313 e. The fourth-order valence-electron chi connectivity index (χ4n) is 6.76. The van der Waals surface area contributed by atoms with Gasteiger partial charge in [0.15, 0.2) is 0 Å². The number of hydrogen-bond acceptors (Lipinski definition) is 6. The summed E-state index contributed by atoms with van der Waals surface area (Å²) in [5.74, 6) is -2.80. The van der Waals surface area contributed by atoms with Gasteiger partial charge in [0.05, 0.1) is 25.2 Å². The Morgan fingerprint density at radius 3 is 2.51 bits per heavy atom. The number of esters is 1. The minimum Gasteiger partial charge on any atom is -0.465 e. The Kier molecular flexibility index (Phi) is 8.48. The number of likely N-dealkylation sites (tertiary alicyclic amines) is 1. The molecule has 206 valence electrons. The number of aliphatic hydroxyl groups is 1. The fraction of sp³-hybridized carbons (Fsp3) is 0.759. The first-order valence-electron chi connectivity index (χ1n) is 14.2. The van der Waals surface area contributed by atoms with Crippen LogP contribution >= 0.6 is 0 Å². The molecule has 0 aromatic heterocycles. The van der Waals surface area contributed by atoms with Crippen molar-refractivity contribution in [3.05, 3.63) is 24.3 Å². The minimum atomic E-state index is -1.31. The van der Waals surface area contributed by atoms with Crippen molar-refractivity contribution in [1.82, 2.24) is 9.80 Å². The Morgan fingerprint density at radius 2 is 1.84 bits per heavy atom. The number of rotatable bonds is 8. The van der Waals surface area contributed by atoms with Gasteiger partial charge in [0.25, 0.3) is 0 Å². The summed E-state index contributed by atoms with van der Waals surface area (Å²) in [4.78, 5) is 45.7. The molecule has 2 amide bonds. The second kappa shape index (κ2) is 11.3. The summed E-state index contributed by atoms with van der Waals surface area (Å²) >= 11 is 0. The van der Waals surface area contributed by atoms with E-state index in [1.165, 1.54) is 0 Å². The third kappa shape index (κ3) is 4.65. The van der Waals surface area contributed by atoms with Gasteiger partial charge in [-0.25, -0.2) is 0 Å². The third-order valence-electron chi connectivity index (χ3n) is 8.75. The molecular formula is C29H44N2O6. The number of aliphatic hydroxyl groups excluding tert-OH is 1. The van der Waals surface area contributed by atoms with E-state index in [2.05, 4.69) is 6.92 Å². The van der Waals surface area contributed by atoms with Gasteiger partial charge in [-0.2, -0.15) is 0 Å². The van der Waals surface area contributed by atoms with Crippen molar-refractivity contribution in [3.63, 3.8) is 0 Å². The van der Waals surface area contributed by atoms with Gasteiger partial charge >= 0.3 is 5.97 Å². The van der Waals surface area contributed by atoms with Gasteiger partial charge in [0.2, 0.25) is 11.8 Å². The molecule has 37 heavy (non-hydrogen) atoms. The van der Waals surface area contributed by atoms with E-state index in [4.69, 9.17) is 9.47 Å². The number of amides is 2. The minimum absolute atomic E-state index is 0.0924. The number of nitrogens with zero attached hydrogens (tertiary/aromatic N) is 2. The zero-order valence-corrected chi connectivity index (χ0v) is 22.9. The molecule has 6 atom stereocenters. The zero-order chi connectivity index (χ0) is 26.8. The van der Waals surface area contributed by atoms with Crippen LogP contribution < -0.4 is 0 Å². The number of allylic oxidation sites excluding steroid dienone is 1. The lowest BCUT2D eigenvalue weighted by atomic mass is 9.73. The molecule has 1 N–H and O–H groups in total. The molecular weight excluding hydrogens is 472 g/mol. The SMILES string of the molecule is CCCCCN1CC=C[C@]23O[C@]4(CC)/C=C\CCCCOC(=O)[C@@H]4[C@H]2C(=O)N([C@@H](CO)C(C)C)C3C1=O. The van der Waals surface area contributed by atoms with Crippen molar-refractivity contribution in [1.29, 1.82) is 0 Å². The maximum absolute atomic E-state index is 14.4. The van der Waals surface area contributed by atoms with Gasteiger partial charge in [-0.3, -0.25) is 14.4 Å². The first-order chi connectivity index (χ1) is 17.8. The van der Waals surface area contributed by atoms with Crippen LogP contribution in [-0.2, 0) is 23.9 Å². The van der Waals surface area contributed by atoms with Crippen molar-refractivity contribution >= 4 is 17.8 Å². The van der Waals surface area contributed by atoms with Crippen molar-refractivity contribution in [2.75, 3.05) is 26.3 Å². The Hall–Kier alpha value is -2.19. The quantitative estimate of drug-likeness (QED) is 0.302. The van der Waals surface area contributed by atoms with Gasteiger partial charge in [-0.1, -0.05) is 64.8 Å². The second-order valence-electron chi connectivity index (χ2n) is 11.3. The molecule has 1 spiro atoms. The van der Waals surface area contributed by atoms with Crippen molar-refractivity contribution in [2.24, 2.45) is 17.8 Å². The van der Waals surface area contributed by atoms with Gasteiger partial charge in [0, 0.05) is 13.1 Å². The molecule has 4 aliphatic heterocycles. The third-order valence-corrected chi connectivity index (χ3v) is 8.75. The van der Waals surface area contributed by atoms with Crippen LogP contribution in [0.4, 0.5) is 0 Å². The number of carbonyl (C=O) groups is 3. The molecule has 2 saturated heterocycles. The topological polar surface area (TPSA) is 96.4 Å². The summed E-state index contributed by atoms with van der Waals surface area (Å²) in [6.07, 6.45) is 13.7. The lowest BCUT2D eigenvalue weighted by molar-refractivity contribution is -0.164. The molecule has 2 fully saturated rings. The predicted octanol–water partition coefficient (Wildman–Crippen LogP) is 3.24. The normalized spacial score (nSPS) is 35.6. The standard InChI is InChI=1S/C29H44N2O6/c1-5-7-11-16-30-17-13-15-29-22(25(33)31(24(29)26(30)34)21(19-32)20(3)4)23-27(35)36-18-12-9-8-10-14-28(23,6-2)37-29/h10,13-15,20-24,32H,5-9,11-12,16-19H2,1-4H3/b14-10-/t21-,22-,23-,24?,28+,29-/m0/s1. The number of cyclic esters (lactones) is 1. The van der Waals surface area contributed by atoms with Crippen LogP contribution in [0.25, 0.3) is 0 Å². The highest BCUT2D eigenvalue weighted by Crippen LogP contribution is 2.58. The van der Waals surface area contributed by atoms with E-state index in [9.17, 15) is 19.5 Å². The van der Waals surface area contributed by atoms with Crippen LogP contribution in [-0.4, -0.2) is 82.3 Å². The molecule has 4 rings (SSSR count). The van der Waals surface area contributed by atoms with E-state index >= 15 is 0 Å². The average Bonchev–Trinajstić information content (AvgIpc) is 3.23. The van der Waals surface area contributed by atoms with E-state index in [1.54, 1.807) is 9.80 Å². The number of fused-ring (bicyclic) bond motifs is 2. The molecule has 4 heterocycles. The van der Waals surface area contributed by atoms with Crippen LogP contribution in [0, 0.1) is 17.8 Å². The van der Waals surface area contributed by atoms with E-state index < -0.39 is 41.1 Å². The summed E-state index contributed by atoms with van der Waals surface area (Å²) in [5, 5.41) is 10.4. The Morgan fingerprint density at radius 1 is 1.05 bits per heavy atom. The Bertz CT molecular complexity index is 931. The maximum Gasteiger partial charge on any atom is 0.313 e. The van der Waals surface area contributed by atoms with Crippen LogP contribution in [0.2, 0.25) is 0 Å². The van der Waals surface area contributed by atoms with Crippen LogP contribution in [0.1, 0.15) is 72.6 Å². The largest absolute Gasteiger partial charge is 0.465 e. The highest BCUT2D eigenvalue weighted by atomic mass is 16.6. The summed E-state index contributed by atoms with van der Waals surface area (Å²) in [6, 6.07) is -1.52. The molecule has 0 aromatic carbocycles. The van der Waals surface area contributed by atoms with E-state index in [0.717, 1.165) is 38.5 Å². The van der Waals surface area contributed by atoms with Crippen LogP contribution in [0.3, 0.4) is 0 Å². The molecule has 1 unspecified atom stereocenters. The summed E-state index contributed by atoms with van der Waals surface area (Å²) in [6.45, 7) is 8.98. The average molecular weight is 517 g/mol. The van der Waals surface area contributed by atoms with Crippen molar-refractivity contribution < 1.29 is 29.0 Å². The summed E-state index contributed by atoms with van der Waals surface area (Å²) in [5.41, 5.74) is -2.36. The van der Waals surface area contributed by atoms with Crippen molar-refractivity contribution in [2.45, 2.75) is 95.9 Å². The monoisotopic (exact) mass is 516 g/mol. The number of unbranched alkanes of at least 4 members (excludes halogenated alkanes) is 2. The molecule has 4 aliphatic rings. The van der Waals surface area contributed by atoms with Gasteiger partial charge in [0.1, 0.15) is 23.2 Å². The van der Waals surface area contributed by atoms with E-state index in [0.29, 0.717) is 26.1 Å². The highest BCUT2D eigenvalue weighted by molar-refractivity contribution is 5.99. The number of hydrogen-bond donors (Lipinski definition) is 1. The fourth-order valence-corrected chi connectivity index (χ4v) is 6.76.